The minimum absolute atomic E-state index is 0.122. The normalized spacial score (nSPS) is 17.8. The Morgan fingerprint density at radius 3 is 2.84 bits per heavy atom. The number of nitrogens with zero attached hydrogens (tertiary/aromatic N) is 4. The third-order valence-electron chi connectivity index (χ3n) is 4.66. The van der Waals surface area contributed by atoms with Gasteiger partial charge in [-0.25, -0.2) is 4.98 Å². The van der Waals surface area contributed by atoms with Crippen LogP contribution in [0.15, 0.2) is 30.6 Å². The molecule has 1 fully saturated rings. The second kappa shape index (κ2) is 6.62. The van der Waals surface area contributed by atoms with Crippen molar-refractivity contribution in [2.24, 2.45) is 0 Å². The summed E-state index contributed by atoms with van der Waals surface area (Å²) in [5.74, 6) is 0.898. The van der Waals surface area contributed by atoms with Gasteiger partial charge in [0.2, 0.25) is 10.8 Å². The summed E-state index contributed by atoms with van der Waals surface area (Å²) in [6, 6.07) is 7.76. The largest absolute Gasteiger partial charge is 0.497 e. The molecule has 25 heavy (non-hydrogen) atoms. The number of likely N-dealkylation sites (tertiary alicyclic amines) is 1. The molecule has 8 heteroatoms. The molecule has 2 N–H and O–H groups in total. The van der Waals surface area contributed by atoms with Crippen molar-refractivity contribution in [2.45, 2.75) is 25.0 Å². The van der Waals surface area contributed by atoms with Gasteiger partial charge in [-0.3, -0.25) is 4.90 Å². The van der Waals surface area contributed by atoms with Crippen molar-refractivity contribution in [1.82, 2.24) is 19.5 Å². The van der Waals surface area contributed by atoms with Crippen LogP contribution in [0.1, 0.15) is 29.3 Å². The lowest BCUT2D eigenvalue weighted by molar-refractivity contribution is 0.0689. The van der Waals surface area contributed by atoms with Gasteiger partial charge in [-0.15, -0.1) is 0 Å². The van der Waals surface area contributed by atoms with Crippen molar-refractivity contribution in [2.75, 3.05) is 20.2 Å². The third-order valence-corrected chi connectivity index (χ3v) is 5.75. The van der Waals surface area contributed by atoms with E-state index in [9.17, 15) is 10.2 Å². The molecule has 7 nitrogen and oxygen atoms in total. The summed E-state index contributed by atoms with van der Waals surface area (Å²) in [4.78, 5) is 7.95. The molecule has 0 radical (unpaired) electrons. The molecule has 2 aromatic heterocycles. The number of aromatic hydroxyl groups is 1. The van der Waals surface area contributed by atoms with Gasteiger partial charge in [0.15, 0.2) is 0 Å². The molecule has 0 spiro atoms. The maximum atomic E-state index is 10.7. The summed E-state index contributed by atoms with van der Waals surface area (Å²) in [5.41, 5.74) is 1.04. The zero-order valence-corrected chi connectivity index (χ0v) is 14.7. The van der Waals surface area contributed by atoms with Crippen LogP contribution in [0.5, 0.6) is 11.6 Å². The number of hydrogen-bond acceptors (Lipinski definition) is 7. The van der Waals surface area contributed by atoms with E-state index in [1.54, 1.807) is 7.11 Å². The number of aliphatic hydroxyl groups is 1. The molecular weight excluding hydrogens is 340 g/mol. The average Bonchev–Trinajstić information content (AvgIpc) is 3.21. The lowest BCUT2D eigenvalue weighted by atomic mass is 9.99. The van der Waals surface area contributed by atoms with Gasteiger partial charge in [-0.1, -0.05) is 23.5 Å². The number of hydrogen-bond donors (Lipinski definition) is 2. The quantitative estimate of drug-likeness (QED) is 0.741. The smallest absolute Gasteiger partial charge is 0.230 e. The highest BCUT2D eigenvalue weighted by Gasteiger charge is 2.31. The SMILES string of the molecule is COc1cccc([C@@H](c2sc3ncnn3c2O)N2CCC(O)CC2)c1. The first-order valence-corrected chi connectivity index (χ1v) is 9.06. The van der Waals surface area contributed by atoms with E-state index < -0.39 is 0 Å². The van der Waals surface area contributed by atoms with E-state index in [1.165, 1.54) is 22.2 Å². The van der Waals surface area contributed by atoms with E-state index in [0.29, 0.717) is 4.96 Å². The first kappa shape index (κ1) is 16.3. The Morgan fingerprint density at radius 2 is 2.12 bits per heavy atom. The lowest BCUT2D eigenvalue weighted by Crippen LogP contribution is -2.38. The number of aromatic nitrogens is 3. The third kappa shape index (κ3) is 2.97. The average molecular weight is 360 g/mol. The molecule has 3 aromatic rings. The van der Waals surface area contributed by atoms with Crippen LogP contribution >= 0.6 is 11.3 Å². The van der Waals surface area contributed by atoms with Crippen molar-refractivity contribution >= 4 is 16.3 Å². The number of rotatable bonds is 4. The molecule has 1 atom stereocenters. The molecule has 4 rings (SSSR count). The second-order valence-electron chi connectivity index (χ2n) is 6.19. The summed E-state index contributed by atoms with van der Waals surface area (Å²) in [7, 11) is 1.64. The molecule has 0 amide bonds. The van der Waals surface area contributed by atoms with Crippen molar-refractivity contribution in [1.29, 1.82) is 0 Å². The molecule has 1 saturated heterocycles. The van der Waals surface area contributed by atoms with E-state index in [1.807, 2.05) is 24.3 Å². The van der Waals surface area contributed by atoms with Crippen LogP contribution in [0.25, 0.3) is 4.96 Å². The Hall–Kier alpha value is -2.16. The minimum Gasteiger partial charge on any atom is -0.497 e. The summed E-state index contributed by atoms with van der Waals surface area (Å²) < 4.78 is 6.84. The predicted molar refractivity (Wildman–Crippen MR) is 94.2 cm³/mol. The molecule has 1 aliphatic heterocycles. The highest BCUT2D eigenvalue weighted by atomic mass is 32.1. The molecule has 3 heterocycles. The number of ether oxygens (including phenoxy) is 1. The molecule has 1 aliphatic rings. The minimum atomic E-state index is -0.252. The summed E-state index contributed by atoms with van der Waals surface area (Å²) >= 11 is 1.44. The van der Waals surface area contributed by atoms with Crippen LogP contribution in [-0.4, -0.2) is 56.0 Å². The number of methoxy groups -OCH3 is 1. The standard InChI is InChI=1S/C17H20N4O3S/c1-24-13-4-2-3-11(9-13)14(20-7-5-12(22)6-8-20)15-16(23)21-17(25-15)18-10-19-21/h2-4,9-10,12,14,22-23H,5-8H2,1H3/t14-/m0/s1. The summed E-state index contributed by atoms with van der Waals surface area (Å²) in [6.45, 7) is 1.52. The maximum Gasteiger partial charge on any atom is 0.230 e. The summed E-state index contributed by atoms with van der Waals surface area (Å²) in [5, 5.41) is 24.6. The first-order valence-electron chi connectivity index (χ1n) is 8.25. The van der Waals surface area contributed by atoms with E-state index >= 15 is 0 Å². The van der Waals surface area contributed by atoms with Crippen LogP contribution in [0.2, 0.25) is 0 Å². The first-order chi connectivity index (χ1) is 12.2. The van der Waals surface area contributed by atoms with E-state index in [2.05, 4.69) is 15.0 Å². The topological polar surface area (TPSA) is 83.1 Å². The highest BCUT2D eigenvalue weighted by molar-refractivity contribution is 7.17. The van der Waals surface area contributed by atoms with Gasteiger partial charge in [0, 0.05) is 13.1 Å². The number of thiazole rings is 1. The van der Waals surface area contributed by atoms with Crippen molar-refractivity contribution in [3.05, 3.63) is 41.0 Å². The fourth-order valence-corrected chi connectivity index (χ4v) is 4.45. The molecular formula is C17H20N4O3S. The van der Waals surface area contributed by atoms with Crippen molar-refractivity contribution in [3.8, 4) is 11.6 Å². The Bertz CT molecular complexity index is 870. The monoisotopic (exact) mass is 360 g/mol. The lowest BCUT2D eigenvalue weighted by Gasteiger charge is -2.36. The Morgan fingerprint density at radius 1 is 1.32 bits per heavy atom. The van der Waals surface area contributed by atoms with Crippen LogP contribution in [0.4, 0.5) is 0 Å². The second-order valence-corrected chi connectivity index (χ2v) is 7.20. The number of aliphatic hydroxyl groups excluding tert-OH is 1. The Kier molecular flexibility index (Phi) is 4.32. The fraction of sp³-hybridized carbons (Fsp3) is 0.412. The molecule has 0 saturated carbocycles. The zero-order valence-electron chi connectivity index (χ0n) is 13.9. The van der Waals surface area contributed by atoms with Gasteiger partial charge in [-0.05, 0) is 30.5 Å². The van der Waals surface area contributed by atoms with Gasteiger partial charge in [0.25, 0.3) is 0 Å². The number of benzene rings is 1. The van der Waals surface area contributed by atoms with Crippen LogP contribution < -0.4 is 4.74 Å². The van der Waals surface area contributed by atoms with Crippen molar-refractivity contribution in [3.63, 3.8) is 0 Å². The Balaban J connectivity index is 1.80. The van der Waals surface area contributed by atoms with E-state index in [4.69, 9.17) is 4.74 Å². The molecule has 0 aliphatic carbocycles. The van der Waals surface area contributed by atoms with Crippen LogP contribution in [-0.2, 0) is 0 Å². The van der Waals surface area contributed by atoms with Crippen LogP contribution in [0, 0.1) is 0 Å². The van der Waals surface area contributed by atoms with Gasteiger partial charge in [0.05, 0.1) is 24.1 Å². The fourth-order valence-electron chi connectivity index (χ4n) is 3.36. The highest BCUT2D eigenvalue weighted by Crippen LogP contribution is 2.41. The van der Waals surface area contributed by atoms with E-state index in [0.717, 1.165) is 42.1 Å². The molecule has 0 bridgehead atoms. The Labute approximate surface area is 149 Å². The summed E-state index contributed by atoms with van der Waals surface area (Å²) in [6.07, 6.45) is 2.63. The number of piperidine rings is 1. The van der Waals surface area contributed by atoms with Crippen LogP contribution in [0.3, 0.4) is 0 Å². The maximum absolute atomic E-state index is 10.7. The molecule has 132 valence electrons. The van der Waals surface area contributed by atoms with Gasteiger partial charge < -0.3 is 14.9 Å². The van der Waals surface area contributed by atoms with Gasteiger partial charge >= 0.3 is 0 Å². The molecule has 0 unspecified atom stereocenters. The molecule has 1 aromatic carbocycles. The van der Waals surface area contributed by atoms with Crippen molar-refractivity contribution < 1.29 is 14.9 Å². The van der Waals surface area contributed by atoms with Gasteiger partial charge in [-0.2, -0.15) is 9.61 Å². The zero-order chi connectivity index (χ0) is 17.4. The number of fused-ring (bicyclic) bond motifs is 1. The van der Waals surface area contributed by atoms with Gasteiger partial charge in [0.1, 0.15) is 12.1 Å². The van der Waals surface area contributed by atoms with E-state index in [-0.39, 0.29) is 18.0 Å². The predicted octanol–water partition coefficient (Wildman–Crippen LogP) is 2.05.